The molecule has 8 heteroatoms. The molecule has 1 aromatic heterocycles. The number of aryl methyl sites for hydroxylation is 1. The number of piperazine rings is 1. The Hall–Kier alpha value is -3.65. The molecule has 2 amide bonds. The van der Waals surface area contributed by atoms with Gasteiger partial charge in [0.1, 0.15) is 0 Å². The molecule has 4 rings (SSSR count). The van der Waals surface area contributed by atoms with Gasteiger partial charge in [0.15, 0.2) is 10.9 Å². The number of hydrogen-bond donors (Lipinski definition) is 2. The van der Waals surface area contributed by atoms with Crippen LogP contribution in [0, 0.1) is 6.92 Å². The summed E-state index contributed by atoms with van der Waals surface area (Å²) in [6.07, 6.45) is 1.51. The molecule has 0 aliphatic carbocycles. The van der Waals surface area contributed by atoms with Crippen molar-refractivity contribution in [1.29, 1.82) is 0 Å². The first-order valence-corrected chi connectivity index (χ1v) is 10.8. The summed E-state index contributed by atoms with van der Waals surface area (Å²) in [7, 11) is 0. The van der Waals surface area contributed by atoms with Crippen molar-refractivity contribution in [1.82, 2.24) is 10.2 Å². The lowest BCUT2D eigenvalue weighted by atomic mass is 10.1. The molecular formula is C24H24N4O3S. The Kier molecular flexibility index (Phi) is 6.51. The third-order valence-corrected chi connectivity index (χ3v) is 5.50. The minimum absolute atomic E-state index is 0.0737. The predicted octanol–water partition coefficient (Wildman–Crippen LogP) is 3.68. The van der Waals surface area contributed by atoms with Crippen LogP contribution in [0.25, 0.3) is 0 Å². The molecule has 1 fully saturated rings. The highest BCUT2D eigenvalue weighted by Crippen LogP contribution is 2.20. The molecule has 164 valence electrons. The number of nitrogens with zero attached hydrogens (tertiary/aromatic N) is 2. The van der Waals surface area contributed by atoms with Crippen LogP contribution in [0.15, 0.2) is 71.3 Å². The summed E-state index contributed by atoms with van der Waals surface area (Å²) >= 11 is 5.28. The van der Waals surface area contributed by atoms with E-state index in [1.165, 1.54) is 6.26 Å². The number of hydrogen-bond acceptors (Lipinski definition) is 5. The number of amides is 2. The average molecular weight is 449 g/mol. The third-order valence-electron chi connectivity index (χ3n) is 5.30. The van der Waals surface area contributed by atoms with Crippen LogP contribution >= 0.6 is 12.2 Å². The largest absolute Gasteiger partial charge is 0.459 e. The van der Waals surface area contributed by atoms with Crippen LogP contribution in [0.2, 0.25) is 0 Å². The molecule has 2 aromatic carbocycles. The lowest BCUT2D eigenvalue weighted by Crippen LogP contribution is -2.48. The van der Waals surface area contributed by atoms with E-state index in [2.05, 4.69) is 15.5 Å². The van der Waals surface area contributed by atoms with Crippen molar-refractivity contribution >= 4 is 40.5 Å². The Morgan fingerprint density at radius 3 is 2.38 bits per heavy atom. The van der Waals surface area contributed by atoms with Crippen molar-refractivity contribution in [2.45, 2.75) is 6.92 Å². The first-order valence-electron chi connectivity index (χ1n) is 10.4. The molecule has 7 nitrogen and oxygen atoms in total. The zero-order chi connectivity index (χ0) is 22.5. The summed E-state index contributed by atoms with van der Waals surface area (Å²) < 4.78 is 5.21. The van der Waals surface area contributed by atoms with E-state index < -0.39 is 0 Å². The summed E-state index contributed by atoms with van der Waals surface area (Å²) in [5.41, 5.74) is 3.43. The van der Waals surface area contributed by atoms with Gasteiger partial charge in [-0.3, -0.25) is 14.9 Å². The minimum Gasteiger partial charge on any atom is -0.459 e. The molecule has 1 saturated heterocycles. The van der Waals surface area contributed by atoms with Crippen LogP contribution < -0.4 is 15.5 Å². The second kappa shape index (κ2) is 9.65. The van der Waals surface area contributed by atoms with E-state index >= 15 is 0 Å². The average Bonchev–Trinajstić information content (AvgIpc) is 3.34. The van der Waals surface area contributed by atoms with Gasteiger partial charge in [-0.05, 0) is 67.7 Å². The molecule has 3 aromatic rings. The SMILES string of the molecule is Cc1cccc(C(=O)NC(=S)Nc2ccc(N3CCN(C(=O)c4ccco4)CC3)cc2)c1. The molecule has 32 heavy (non-hydrogen) atoms. The molecule has 2 heterocycles. The lowest BCUT2D eigenvalue weighted by molar-refractivity contribution is 0.0714. The van der Waals surface area contributed by atoms with E-state index in [9.17, 15) is 9.59 Å². The number of benzene rings is 2. The molecule has 1 aliphatic rings. The van der Waals surface area contributed by atoms with E-state index in [-0.39, 0.29) is 16.9 Å². The van der Waals surface area contributed by atoms with Gasteiger partial charge in [0.25, 0.3) is 11.8 Å². The predicted molar refractivity (Wildman–Crippen MR) is 128 cm³/mol. The molecular weight excluding hydrogens is 424 g/mol. The van der Waals surface area contributed by atoms with Gasteiger partial charge in [0, 0.05) is 43.1 Å². The highest BCUT2D eigenvalue weighted by atomic mass is 32.1. The molecule has 0 radical (unpaired) electrons. The third kappa shape index (κ3) is 5.15. The summed E-state index contributed by atoms with van der Waals surface area (Å²) in [6.45, 7) is 4.68. The van der Waals surface area contributed by atoms with Crippen LogP contribution in [-0.4, -0.2) is 48.0 Å². The molecule has 0 atom stereocenters. The highest BCUT2D eigenvalue weighted by Gasteiger charge is 2.23. The fourth-order valence-corrected chi connectivity index (χ4v) is 3.81. The monoisotopic (exact) mass is 448 g/mol. The number of rotatable bonds is 4. The highest BCUT2D eigenvalue weighted by molar-refractivity contribution is 7.80. The Bertz CT molecular complexity index is 1100. The van der Waals surface area contributed by atoms with E-state index in [1.54, 1.807) is 23.1 Å². The second-order valence-corrected chi connectivity index (χ2v) is 7.99. The topological polar surface area (TPSA) is 77.8 Å². The minimum atomic E-state index is -0.246. The molecule has 2 N–H and O–H groups in total. The van der Waals surface area contributed by atoms with Crippen molar-refractivity contribution in [3.05, 3.63) is 83.8 Å². The summed E-state index contributed by atoms with van der Waals surface area (Å²) in [6, 6.07) is 18.6. The standard InChI is InChI=1S/C24H24N4O3S/c1-17-4-2-5-18(16-17)22(29)26-24(32)25-19-7-9-20(10-8-19)27-11-13-28(14-12-27)23(30)21-6-3-15-31-21/h2-10,15-16H,11-14H2,1H3,(H2,25,26,29,32). The quantitative estimate of drug-likeness (QED) is 0.593. The van der Waals surface area contributed by atoms with Crippen molar-refractivity contribution in [2.24, 2.45) is 0 Å². The van der Waals surface area contributed by atoms with Crippen molar-refractivity contribution in [3.8, 4) is 0 Å². The van der Waals surface area contributed by atoms with E-state index in [1.807, 2.05) is 49.4 Å². The summed E-state index contributed by atoms with van der Waals surface area (Å²) in [5.74, 6) is 0.0551. The van der Waals surface area contributed by atoms with Crippen molar-refractivity contribution < 1.29 is 14.0 Å². The van der Waals surface area contributed by atoms with E-state index in [0.29, 0.717) is 24.4 Å². The number of nitrogens with one attached hydrogen (secondary N) is 2. The number of anilines is 2. The summed E-state index contributed by atoms with van der Waals surface area (Å²) in [4.78, 5) is 28.8. The fraction of sp³-hybridized carbons (Fsp3) is 0.208. The zero-order valence-electron chi connectivity index (χ0n) is 17.7. The van der Waals surface area contributed by atoms with Crippen LogP contribution in [0.3, 0.4) is 0 Å². The van der Waals surface area contributed by atoms with Crippen LogP contribution in [0.1, 0.15) is 26.5 Å². The fourth-order valence-electron chi connectivity index (χ4n) is 3.60. The van der Waals surface area contributed by atoms with Gasteiger partial charge in [0.05, 0.1) is 6.26 Å². The maximum Gasteiger partial charge on any atom is 0.289 e. The van der Waals surface area contributed by atoms with Crippen molar-refractivity contribution in [3.63, 3.8) is 0 Å². The Labute approximate surface area is 192 Å². The molecule has 0 bridgehead atoms. The molecule has 0 spiro atoms. The van der Waals surface area contributed by atoms with Gasteiger partial charge in [-0.2, -0.15) is 0 Å². The second-order valence-electron chi connectivity index (χ2n) is 7.58. The van der Waals surface area contributed by atoms with Gasteiger partial charge >= 0.3 is 0 Å². The number of carbonyl (C=O) groups is 2. The molecule has 0 unspecified atom stereocenters. The Balaban J connectivity index is 1.28. The van der Waals surface area contributed by atoms with Gasteiger partial charge in [-0.1, -0.05) is 17.7 Å². The van der Waals surface area contributed by atoms with Gasteiger partial charge < -0.3 is 19.5 Å². The maximum absolute atomic E-state index is 12.4. The first-order chi connectivity index (χ1) is 15.5. The Morgan fingerprint density at radius 1 is 0.969 bits per heavy atom. The Morgan fingerprint density at radius 2 is 1.72 bits per heavy atom. The van der Waals surface area contributed by atoms with E-state index in [4.69, 9.17) is 16.6 Å². The zero-order valence-corrected chi connectivity index (χ0v) is 18.5. The van der Waals surface area contributed by atoms with Gasteiger partial charge in [-0.15, -0.1) is 0 Å². The number of furan rings is 1. The van der Waals surface area contributed by atoms with E-state index in [0.717, 1.165) is 30.0 Å². The van der Waals surface area contributed by atoms with Crippen LogP contribution in [0.4, 0.5) is 11.4 Å². The first kappa shape index (κ1) is 21.6. The molecule has 0 saturated carbocycles. The van der Waals surface area contributed by atoms with Gasteiger partial charge in [0.2, 0.25) is 0 Å². The van der Waals surface area contributed by atoms with Crippen LogP contribution in [-0.2, 0) is 0 Å². The summed E-state index contributed by atoms with van der Waals surface area (Å²) in [5, 5.41) is 5.99. The smallest absolute Gasteiger partial charge is 0.289 e. The lowest BCUT2D eigenvalue weighted by Gasteiger charge is -2.35. The normalized spacial score (nSPS) is 13.5. The molecule has 1 aliphatic heterocycles. The van der Waals surface area contributed by atoms with Crippen molar-refractivity contribution in [2.75, 3.05) is 36.4 Å². The van der Waals surface area contributed by atoms with Crippen LogP contribution in [0.5, 0.6) is 0 Å². The van der Waals surface area contributed by atoms with Gasteiger partial charge in [-0.25, -0.2) is 0 Å². The maximum atomic E-state index is 12.4. The number of thiocarbonyl (C=S) groups is 1. The number of carbonyl (C=O) groups excluding carboxylic acids is 2.